The molecule has 1 rings (SSSR count). The summed E-state index contributed by atoms with van der Waals surface area (Å²) < 4.78 is 1.74. The van der Waals surface area contributed by atoms with Crippen LogP contribution in [0.1, 0.15) is 30.3 Å². The first-order chi connectivity index (χ1) is 8.86. The first-order valence-corrected chi connectivity index (χ1v) is 6.35. The van der Waals surface area contributed by atoms with Crippen molar-refractivity contribution in [2.45, 2.75) is 33.6 Å². The van der Waals surface area contributed by atoms with Crippen LogP contribution in [0, 0.1) is 13.8 Å². The lowest BCUT2D eigenvalue weighted by Gasteiger charge is -2.20. The normalized spacial score (nSPS) is 10.5. The third kappa shape index (κ3) is 3.81. The van der Waals surface area contributed by atoms with E-state index in [9.17, 15) is 9.59 Å². The summed E-state index contributed by atoms with van der Waals surface area (Å²) in [5.74, 6) is -1.15. The number of carboxylic acid groups (broad SMARTS) is 1. The van der Waals surface area contributed by atoms with Crippen LogP contribution >= 0.6 is 0 Å². The van der Waals surface area contributed by atoms with Crippen LogP contribution < -0.4 is 0 Å². The zero-order valence-corrected chi connectivity index (χ0v) is 11.9. The van der Waals surface area contributed by atoms with E-state index in [2.05, 4.69) is 5.10 Å². The van der Waals surface area contributed by atoms with Crippen molar-refractivity contribution >= 4 is 11.9 Å². The summed E-state index contributed by atoms with van der Waals surface area (Å²) in [5, 5.41) is 13.1. The van der Waals surface area contributed by atoms with E-state index in [0.29, 0.717) is 6.54 Å². The zero-order chi connectivity index (χ0) is 14.6. The van der Waals surface area contributed by atoms with Crippen LogP contribution in [0.4, 0.5) is 0 Å². The Morgan fingerprint density at radius 2 is 2.00 bits per heavy atom. The second-order valence-electron chi connectivity index (χ2n) is 4.66. The summed E-state index contributed by atoms with van der Waals surface area (Å²) in [4.78, 5) is 24.3. The van der Waals surface area contributed by atoms with E-state index in [4.69, 9.17) is 5.11 Å². The molecule has 1 amide bonds. The van der Waals surface area contributed by atoms with E-state index >= 15 is 0 Å². The third-order valence-electron chi connectivity index (χ3n) is 3.16. The number of amides is 1. The lowest BCUT2D eigenvalue weighted by Crippen LogP contribution is -2.37. The van der Waals surface area contributed by atoms with Gasteiger partial charge in [0, 0.05) is 24.8 Å². The molecule has 1 aromatic rings. The smallest absolute Gasteiger partial charge is 0.323 e. The van der Waals surface area contributed by atoms with Gasteiger partial charge in [0.2, 0.25) is 5.91 Å². The van der Waals surface area contributed by atoms with E-state index in [0.717, 1.165) is 23.4 Å². The minimum Gasteiger partial charge on any atom is -0.480 e. The highest BCUT2D eigenvalue weighted by Crippen LogP contribution is 2.13. The second kappa shape index (κ2) is 6.36. The number of hydrogen-bond acceptors (Lipinski definition) is 3. The average Bonchev–Trinajstić information content (AvgIpc) is 2.55. The minimum absolute atomic E-state index is 0.163. The minimum atomic E-state index is -0.985. The van der Waals surface area contributed by atoms with Crippen molar-refractivity contribution in [3.8, 4) is 0 Å². The Hall–Kier alpha value is -1.85. The van der Waals surface area contributed by atoms with Gasteiger partial charge in [-0.2, -0.15) is 5.10 Å². The van der Waals surface area contributed by atoms with Gasteiger partial charge in [0.1, 0.15) is 6.54 Å². The van der Waals surface area contributed by atoms with Crippen molar-refractivity contribution in [3.05, 3.63) is 17.0 Å². The van der Waals surface area contributed by atoms with Gasteiger partial charge in [-0.25, -0.2) is 0 Å². The number of aliphatic carboxylic acids is 1. The van der Waals surface area contributed by atoms with E-state index in [1.54, 1.807) is 4.68 Å². The van der Waals surface area contributed by atoms with Gasteiger partial charge >= 0.3 is 5.97 Å². The molecule has 0 atom stereocenters. The maximum atomic E-state index is 12.2. The predicted octanol–water partition coefficient (Wildman–Crippen LogP) is 0.903. The average molecular weight is 267 g/mol. The van der Waals surface area contributed by atoms with Gasteiger partial charge in [-0.05, 0) is 20.3 Å². The second-order valence-corrected chi connectivity index (χ2v) is 4.66. The molecular formula is C13H21N3O3. The van der Waals surface area contributed by atoms with E-state index in [-0.39, 0.29) is 18.9 Å². The molecule has 0 spiro atoms. The standard InChI is InChI=1S/C13H21N3O3/c1-5-6-16(8-13(18)19)12(17)7-11-9(2)14-15(4)10(11)3/h5-8H2,1-4H3,(H,18,19). The molecular weight excluding hydrogens is 246 g/mol. The molecule has 0 aromatic carbocycles. The summed E-state index contributed by atoms with van der Waals surface area (Å²) in [6.07, 6.45) is 0.947. The van der Waals surface area contributed by atoms with E-state index in [1.807, 2.05) is 27.8 Å². The summed E-state index contributed by atoms with van der Waals surface area (Å²) >= 11 is 0. The molecule has 1 N–H and O–H groups in total. The molecule has 19 heavy (non-hydrogen) atoms. The Morgan fingerprint density at radius 3 is 2.42 bits per heavy atom. The summed E-state index contributed by atoms with van der Waals surface area (Å²) in [7, 11) is 1.83. The number of nitrogens with zero attached hydrogens (tertiary/aromatic N) is 3. The summed E-state index contributed by atoms with van der Waals surface area (Å²) in [5.41, 5.74) is 2.65. The van der Waals surface area contributed by atoms with Crippen molar-refractivity contribution in [3.63, 3.8) is 0 Å². The predicted molar refractivity (Wildman–Crippen MR) is 70.9 cm³/mol. The molecule has 0 aliphatic rings. The SMILES string of the molecule is CCCN(CC(=O)O)C(=O)Cc1c(C)nn(C)c1C. The van der Waals surface area contributed by atoms with Gasteiger partial charge in [0.05, 0.1) is 12.1 Å². The highest BCUT2D eigenvalue weighted by molar-refractivity contribution is 5.83. The fourth-order valence-electron chi connectivity index (χ4n) is 2.06. The molecule has 6 nitrogen and oxygen atoms in total. The molecule has 0 saturated heterocycles. The van der Waals surface area contributed by atoms with Gasteiger partial charge in [-0.1, -0.05) is 6.92 Å². The van der Waals surface area contributed by atoms with Gasteiger partial charge in [-0.15, -0.1) is 0 Å². The largest absolute Gasteiger partial charge is 0.480 e. The van der Waals surface area contributed by atoms with Crippen molar-refractivity contribution in [2.24, 2.45) is 7.05 Å². The number of carbonyl (C=O) groups is 2. The Kier molecular flexibility index (Phi) is 5.09. The Labute approximate surface area is 113 Å². The van der Waals surface area contributed by atoms with Crippen LogP contribution in [-0.4, -0.2) is 44.8 Å². The molecule has 0 radical (unpaired) electrons. The molecule has 0 unspecified atom stereocenters. The topological polar surface area (TPSA) is 75.4 Å². The molecule has 0 bridgehead atoms. The maximum Gasteiger partial charge on any atom is 0.323 e. The summed E-state index contributed by atoms with van der Waals surface area (Å²) in [6, 6.07) is 0. The molecule has 1 aromatic heterocycles. The van der Waals surface area contributed by atoms with E-state index < -0.39 is 5.97 Å². The van der Waals surface area contributed by atoms with Crippen molar-refractivity contribution in [2.75, 3.05) is 13.1 Å². The highest BCUT2D eigenvalue weighted by atomic mass is 16.4. The van der Waals surface area contributed by atoms with Crippen LogP contribution in [-0.2, 0) is 23.1 Å². The molecule has 0 fully saturated rings. The first-order valence-electron chi connectivity index (χ1n) is 6.35. The molecule has 6 heteroatoms. The number of aromatic nitrogens is 2. The third-order valence-corrected chi connectivity index (χ3v) is 3.16. The monoisotopic (exact) mass is 267 g/mol. The van der Waals surface area contributed by atoms with Crippen molar-refractivity contribution in [1.82, 2.24) is 14.7 Å². The quantitative estimate of drug-likeness (QED) is 0.831. The van der Waals surface area contributed by atoms with E-state index in [1.165, 1.54) is 4.90 Å². The highest BCUT2D eigenvalue weighted by Gasteiger charge is 2.19. The van der Waals surface area contributed by atoms with Gasteiger partial charge in [-0.3, -0.25) is 14.3 Å². The van der Waals surface area contributed by atoms with Crippen molar-refractivity contribution in [1.29, 1.82) is 0 Å². The lowest BCUT2D eigenvalue weighted by molar-refractivity contribution is -0.144. The van der Waals surface area contributed by atoms with Gasteiger partial charge in [0.15, 0.2) is 0 Å². The Morgan fingerprint density at radius 1 is 1.37 bits per heavy atom. The fourth-order valence-corrected chi connectivity index (χ4v) is 2.06. The fraction of sp³-hybridized carbons (Fsp3) is 0.615. The van der Waals surface area contributed by atoms with Crippen molar-refractivity contribution < 1.29 is 14.7 Å². The van der Waals surface area contributed by atoms with Crippen LogP contribution in [0.2, 0.25) is 0 Å². The Balaban J connectivity index is 2.83. The summed E-state index contributed by atoms with van der Waals surface area (Å²) in [6.45, 7) is 5.90. The van der Waals surface area contributed by atoms with Gasteiger partial charge < -0.3 is 10.0 Å². The Bertz CT molecular complexity index is 480. The molecule has 0 aliphatic heterocycles. The molecule has 0 saturated carbocycles. The van der Waals surface area contributed by atoms with Crippen LogP contribution in [0.25, 0.3) is 0 Å². The number of rotatable bonds is 6. The number of carboxylic acids is 1. The number of aryl methyl sites for hydroxylation is 2. The maximum absolute atomic E-state index is 12.2. The first kappa shape index (κ1) is 15.2. The van der Waals surface area contributed by atoms with Gasteiger partial charge in [0.25, 0.3) is 0 Å². The molecule has 1 heterocycles. The number of carbonyl (C=O) groups excluding carboxylic acids is 1. The molecule has 0 aliphatic carbocycles. The molecule has 106 valence electrons. The van der Waals surface area contributed by atoms with Crippen LogP contribution in [0.15, 0.2) is 0 Å². The van der Waals surface area contributed by atoms with Crippen LogP contribution in [0.3, 0.4) is 0 Å². The van der Waals surface area contributed by atoms with Crippen LogP contribution in [0.5, 0.6) is 0 Å². The zero-order valence-electron chi connectivity index (χ0n) is 11.9. The lowest BCUT2D eigenvalue weighted by atomic mass is 10.1. The number of hydrogen-bond donors (Lipinski definition) is 1.